The molecule has 6 heteroatoms. The fourth-order valence-electron chi connectivity index (χ4n) is 7.71. The van der Waals surface area contributed by atoms with Crippen LogP contribution in [-0.2, 0) is 28.6 Å². The fraction of sp³-hybridized carbons (Fsp3) is 0.603. The van der Waals surface area contributed by atoms with E-state index in [0.29, 0.717) is 19.3 Å². The second kappa shape index (κ2) is 60.8. The van der Waals surface area contributed by atoms with E-state index in [9.17, 15) is 14.4 Å². The second-order valence-electron chi connectivity index (χ2n) is 19.1. The number of allylic oxidation sites excluding steroid dienone is 24. The van der Waals surface area contributed by atoms with E-state index in [-0.39, 0.29) is 31.6 Å². The summed E-state index contributed by atoms with van der Waals surface area (Å²) in [6, 6.07) is 0. The van der Waals surface area contributed by atoms with Crippen molar-refractivity contribution in [1.29, 1.82) is 0 Å². The highest BCUT2D eigenvalue weighted by molar-refractivity contribution is 5.71. The molecule has 0 spiro atoms. The van der Waals surface area contributed by atoms with Crippen LogP contribution in [0.5, 0.6) is 0 Å². The molecule has 0 fully saturated rings. The Labute approximate surface area is 455 Å². The number of rotatable bonds is 52. The molecule has 1 unspecified atom stereocenters. The Hall–Kier alpha value is -4.71. The van der Waals surface area contributed by atoms with Gasteiger partial charge in [0.1, 0.15) is 13.2 Å². The van der Waals surface area contributed by atoms with Gasteiger partial charge in [-0.3, -0.25) is 14.4 Å². The van der Waals surface area contributed by atoms with Gasteiger partial charge in [0.15, 0.2) is 6.10 Å². The molecule has 0 aromatic carbocycles. The number of hydrogen-bond donors (Lipinski definition) is 0. The van der Waals surface area contributed by atoms with Gasteiger partial charge in [-0.2, -0.15) is 0 Å². The maximum Gasteiger partial charge on any atom is 0.306 e. The Morgan fingerprint density at radius 3 is 0.878 bits per heavy atom. The van der Waals surface area contributed by atoms with Gasteiger partial charge in [-0.15, -0.1) is 0 Å². The summed E-state index contributed by atoms with van der Waals surface area (Å²) in [5, 5.41) is 0. The van der Waals surface area contributed by atoms with Gasteiger partial charge in [-0.1, -0.05) is 263 Å². The zero-order valence-corrected chi connectivity index (χ0v) is 47.5. The van der Waals surface area contributed by atoms with Gasteiger partial charge in [-0.05, 0) is 109 Å². The third-order valence-corrected chi connectivity index (χ3v) is 12.1. The molecule has 0 aliphatic carbocycles. The van der Waals surface area contributed by atoms with E-state index in [1.165, 1.54) is 70.6 Å². The van der Waals surface area contributed by atoms with Gasteiger partial charge in [0.2, 0.25) is 0 Å². The molecule has 74 heavy (non-hydrogen) atoms. The Kier molecular flexibility index (Phi) is 57.0. The van der Waals surface area contributed by atoms with Gasteiger partial charge in [0.05, 0.1) is 0 Å². The number of carbonyl (C=O) groups is 3. The molecule has 0 aliphatic heterocycles. The normalized spacial score (nSPS) is 13.2. The SMILES string of the molecule is CC/C=C\C/C=C\C/C=C\C/C=C\C/C=C\C/C=C\C/C=C\C/C=C\CCCCCCCCC(=O)OCC(COC(=O)CCCCCCCCCCCCCC)OC(=O)CC/C=C\C/C=C\C/C=C\C/C=C\CC. The molecular formula is C68H108O6. The third kappa shape index (κ3) is 58.2. The molecule has 0 aromatic heterocycles. The number of carbonyl (C=O) groups excluding carboxylic acids is 3. The van der Waals surface area contributed by atoms with E-state index >= 15 is 0 Å². The lowest BCUT2D eigenvalue weighted by atomic mass is 10.0. The second-order valence-corrected chi connectivity index (χ2v) is 19.1. The molecule has 0 amide bonds. The van der Waals surface area contributed by atoms with Crippen LogP contribution >= 0.6 is 0 Å². The van der Waals surface area contributed by atoms with E-state index in [1.807, 2.05) is 12.2 Å². The molecule has 0 radical (unpaired) electrons. The van der Waals surface area contributed by atoms with Crippen LogP contribution in [0.4, 0.5) is 0 Å². The van der Waals surface area contributed by atoms with E-state index in [4.69, 9.17) is 14.2 Å². The molecule has 0 bridgehead atoms. The molecule has 0 heterocycles. The lowest BCUT2D eigenvalue weighted by Crippen LogP contribution is -2.30. The van der Waals surface area contributed by atoms with Crippen molar-refractivity contribution in [3.05, 3.63) is 146 Å². The molecule has 0 saturated carbocycles. The minimum absolute atomic E-state index is 0.114. The molecule has 0 rings (SSSR count). The number of unbranched alkanes of at least 4 members (excludes halogenated alkanes) is 17. The highest BCUT2D eigenvalue weighted by Crippen LogP contribution is 2.14. The van der Waals surface area contributed by atoms with Crippen molar-refractivity contribution < 1.29 is 28.6 Å². The fourth-order valence-corrected chi connectivity index (χ4v) is 7.71. The van der Waals surface area contributed by atoms with Crippen molar-refractivity contribution in [2.24, 2.45) is 0 Å². The summed E-state index contributed by atoms with van der Waals surface area (Å²) in [6.45, 7) is 6.32. The van der Waals surface area contributed by atoms with Crippen LogP contribution < -0.4 is 0 Å². The maximum atomic E-state index is 12.8. The number of ether oxygens (including phenoxy) is 3. The standard InChI is InChI=1S/C68H108O6/c1-4-7-10-13-16-19-22-25-26-27-28-29-30-31-32-33-34-35-36-37-38-39-40-41-42-44-46-49-52-55-58-61-67(70)73-64-65(63-72-66(69)60-57-54-51-48-45-24-21-18-15-12-9-6-3)74-68(71)62-59-56-53-50-47-43-23-20-17-14-11-8-5-2/h7-8,10-11,16-17,19-20,25-26,28-29,31-32,34-35,37-38,40-41,43,47,53,56,65H,4-6,9,12-15,18,21-24,27,30,33,36,39,42,44-46,48-52,54-55,57-64H2,1-3H3/b10-7-,11-8-,19-16-,20-17-,26-25-,29-28-,32-31-,35-34-,38-37-,41-40-,47-43-,56-53-. The van der Waals surface area contributed by atoms with Crippen molar-refractivity contribution in [3.8, 4) is 0 Å². The number of hydrogen-bond acceptors (Lipinski definition) is 6. The van der Waals surface area contributed by atoms with Crippen LogP contribution in [0.25, 0.3) is 0 Å². The predicted octanol–water partition coefficient (Wildman–Crippen LogP) is 20.4. The molecule has 0 aromatic rings. The molecule has 0 saturated heterocycles. The van der Waals surface area contributed by atoms with Crippen molar-refractivity contribution in [2.75, 3.05) is 13.2 Å². The van der Waals surface area contributed by atoms with Gasteiger partial charge >= 0.3 is 17.9 Å². The van der Waals surface area contributed by atoms with E-state index in [0.717, 1.165) is 128 Å². The van der Waals surface area contributed by atoms with E-state index in [2.05, 4.69) is 154 Å². The highest BCUT2D eigenvalue weighted by Gasteiger charge is 2.19. The van der Waals surface area contributed by atoms with Crippen molar-refractivity contribution >= 4 is 17.9 Å². The largest absolute Gasteiger partial charge is 0.462 e. The van der Waals surface area contributed by atoms with Crippen molar-refractivity contribution in [3.63, 3.8) is 0 Å². The minimum Gasteiger partial charge on any atom is -0.462 e. The minimum atomic E-state index is -0.826. The zero-order chi connectivity index (χ0) is 53.6. The molecule has 6 nitrogen and oxygen atoms in total. The molecule has 0 aliphatic rings. The average molecular weight is 1020 g/mol. The van der Waals surface area contributed by atoms with Gasteiger partial charge in [0.25, 0.3) is 0 Å². The molecular weight excluding hydrogens is 913 g/mol. The summed E-state index contributed by atoms with van der Waals surface area (Å²) < 4.78 is 16.7. The van der Waals surface area contributed by atoms with Crippen LogP contribution in [0.15, 0.2) is 146 Å². The van der Waals surface area contributed by atoms with Crippen molar-refractivity contribution in [1.82, 2.24) is 0 Å². The first-order chi connectivity index (χ1) is 36.5. The average Bonchev–Trinajstić information content (AvgIpc) is 3.40. The number of esters is 3. The third-order valence-electron chi connectivity index (χ3n) is 12.1. The summed E-state index contributed by atoms with van der Waals surface area (Å²) in [5.41, 5.74) is 0. The first-order valence-corrected chi connectivity index (χ1v) is 29.8. The Morgan fingerprint density at radius 2 is 0.554 bits per heavy atom. The summed E-state index contributed by atoms with van der Waals surface area (Å²) >= 11 is 0. The van der Waals surface area contributed by atoms with Crippen LogP contribution in [0.1, 0.15) is 245 Å². The summed E-state index contributed by atoms with van der Waals surface area (Å²) in [4.78, 5) is 38.1. The molecule has 0 N–H and O–H groups in total. The van der Waals surface area contributed by atoms with Gasteiger partial charge in [0, 0.05) is 19.3 Å². The van der Waals surface area contributed by atoms with Crippen LogP contribution in [-0.4, -0.2) is 37.2 Å². The topological polar surface area (TPSA) is 78.9 Å². The lowest BCUT2D eigenvalue weighted by molar-refractivity contribution is -0.166. The maximum absolute atomic E-state index is 12.8. The van der Waals surface area contributed by atoms with E-state index in [1.54, 1.807) is 0 Å². The van der Waals surface area contributed by atoms with Crippen LogP contribution in [0.3, 0.4) is 0 Å². The monoisotopic (exact) mass is 1020 g/mol. The Bertz CT molecular complexity index is 1640. The predicted molar refractivity (Wildman–Crippen MR) is 320 cm³/mol. The smallest absolute Gasteiger partial charge is 0.306 e. The Morgan fingerprint density at radius 1 is 0.284 bits per heavy atom. The van der Waals surface area contributed by atoms with Crippen LogP contribution in [0, 0.1) is 0 Å². The summed E-state index contributed by atoms with van der Waals surface area (Å²) in [5.74, 6) is -1.02. The van der Waals surface area contributed by atoms with Crippen LogP contribution in [0.2, 0.25) is 0 Å². The summed E-state index contributed by atoms with van der Waals surface area (Å²) in [6.07, 6.45) is 87.2. The van der Waals surface area contributed by atoms with Gasteiger partial charge < -0.3 is 14.2 Å². The first kappa shape index (κ1) is 69.3. The zero-order valence-electron chi connectivity index (χ0n) is 47.5. The quantitative estimate of drug-likeness (QED) is 0.0261. The van der Waals surface area contributed by atoms with Gasteiger partial charge in [-0.25, -0.2) is 0 Å². The molecule has 416 valence electrons. The molecule has 1 atom stereocenters. The van der Waals surface area contributed by atoms with E-state index < -0.39 is 12.1 Å². The lowest BCUT2D eigenvalue weighted by Gasteiger charge is -2.18. The Balaban J connectivity index is 4.34. The highest BCUT2D eigenvalue weighted by atomic mass is 16.6. The van der Waals surface area contributed by atoms with Crippen molar-refractivity contribution in [2.45, 2.75) is 252 Å². The first-order valence-electron chi connectivity index (χ1n) is 29.8. The summed E-state index contributed by atoms with van der Waals surface area (Å²) in [7, 11) is 0.